The number of hydrogen-bond acceptors (Lipinski definition) is 3. The lowest BCUT2D eigenvalue weighted by Crippen LogP contribution is -2.17. The van der Waals surface area contributed by atoms with Crippen LogP contribution in [0.15, 0.2) is 40.8 Å². The van der Waals surface area contributed by atoms with E-state index in [0.717, 1.165) is 10.4 Å². The molecule has 1 aromatic carbocycles. The van der Waals surface area contributed by atoms with E-state index in [-0.39, 0.29) is 5.91 Å². The third-order valence-corrected chi connectivity index (χ3v) is 3.56. The normalized spacial score (nSPS) is 10.8. The summed E-state index contributed by atoms with van der Waals surface area (Å²) in [5.41, 5.74) is 4.15. The van der Waals surface area contributed by atoms with Gasteiger partial charge in [-0.3, -0.25) is 4.79 Å². The van der Waals surface area contributed by atoms with Crippen molar-refractivity contribution in [2.45, 2.75) is 6.92 Å². The monoisotopic (exact) mass is 278 g/mol. The van der Waals surface area contributed by atoms with Gasteiger partial charge in [0.25, 0.3) is 5.91 Å². The minimum Gasteiger partial charge on any atom is -0.267 e. The Bertz CT molecular complexity index is 575. The predicted octanol–water partition coefficient (Wildman–Crippen LogP) is 3.47. The highest BCUT2D eigenvalue weighted by atomic mass is 35.5. The number of nitrogens with zero attached hydrogens (tertiary/aromatic N) is 1. The molecular formula is C13H11ClN2OS. The minimum absolute atomic E-state index is 0.253. The van der Waals surface area contributed by atoms with Crippen molar-refractivity contribution < 1.29 is 4.79 Å². The first-order chi connectivity index (χ1) is 8.66. The molecule has 0 spiro atoms. The van der Waals surface area contributed by atoms with Crippen LogP contribution < -0.4 is 5.43 Å². The molecule has 1 N–H and O–H groups in total. The summed E-state index contributed by atoms with van der Waals surface area (Å²) in [4.78, 5) is 12.7. The van der Waals surface area contributed by atoms with E-state index in [9.17, 15) is 4.79 Å². The molecule has 18 heavy (non-hydrogen) atoms. The van der Waals surface area contributed by atoms with Gasteiger partial charge in [-0.05, 0) is 48.2 Å². The van der Waals surface area contributed by atoms with Crippen LogP contribution in [-0.4, -0.2) is 12.1 Å². The second-order valence-corrected chi connectivity index (χ2v) is 5.06. The van der Waals surface area contributed by atoms with Gasteiger partial charge in [0.1, 0.15) is 0 Å². The average molecular weight is 279 g/mol. The van der Waals surface area contributed by atoms with Gasteiger partial charge >= 0.3 is 0 Å². The van der Waals surface area contributed by atoms with Crippen molar-refractivity contribution >= 4 is 35.1 Å². The Balaban J connectivity index is 1.98. The molecule has 1 aromatic heterocycles. The summed E-state index contributed by atoms with van der Waals surface area (Å²) in [5.74, 6) is -0.253. The van der Waals surface area contributed by atoms with Crippen LogP contribution in [0.1, 0.15) is 20.8 Å². The maximum Gasteiger partial charge on any atom is 0.271 e. The molecule has 2 aromatic rings. The van der Waals surface area contributed by atoms with Gasteiger partial charge in [0.05, 0.1) is 6.21 Å². The molecule has 5 heteroatoms. The van der Waals surface area contributed by atoms with Crippen molar-refractivity contribution in [1.82, 2.24) is 5.43 Å². The molecule has 0 atom stereocenters. The van der Waals surface area contributed by atoms with Gasteiger partial charge in [-0.2, -0.15) is 5.10 Å². The summed E-state index contributed by atoms with van der Waals surface area (Å²) in [6.07, 6.45) is 1.65. The van der Waals surface area contributed by atoms with E-state index in [4.69, 9.17) is 11.6 Å². The van der Waals surface area contributed by atoms with Gasteiger partial charge in [-0.25, -0.2) is 5.43 Å². The SMILES string of the molecule is Cc1ccsc1/C=N\NC(=O)c1ccc(Cl)cc1. The van der Waals surface area contributed by atoms with E-state index in [1.807, 2.05) is 18.4 Å². The molecule has 0 unspecified atom stereocenters. The van der Waals surface area contributed by atoms with Crippen LogP contribution in [0.5, 0.6) is 0 Å². The Kier molecular flexibility index (Phi) is 4.12. The highest BCUT2D eigenvalue weighted by Crippen LogP contribution is 2.12. The number of benzene rings is 1. The van der Waals surface area contributed by atoms with E-state index >= 15 is 0 Å². The van der Waals surface area contributed by atoms with E-state index in [2.05, 4.69) is 10.5 Å². The zero-order valence-corrected chi connectivity index (χ0v) is 11.3. The minimum atomic E-state index is -0.253. The van der Waals surface area contributed by atoms with Crippen molar-refractivity contribution in [3.8, 4) is 0 Å². The summed E-state index contributed by atoms with van der Waals surface area (Å²) < 4.78 is 0. The Morgan fingerprint density at radius 2 is 2.06 bits per heavy atom. The number of thiophene rings is 1. The van der Waals surface area contributed by atoms with Crippen molar-refractivity contribution in [3.63, 3.8) is 0 Å². The topological polar surface area (TPSA) is 41.5 Å². The summed E-state index contributed by atoms with van der Waals surface area (Å²) in [6, 6.07) is 8.66. The van der Waals surface area contributed by atoms with Crippen molar-refractivity contribution in [2.75, 3.05) is 0 Å². The molecular weight excluding hydrogens is 268 g/mol. The molecule has 92 valence electrons. The fraction of sp³-hybridized carbons (Fsp3) is 0.0769. The lowest BCUT2D eigenvalue weighted by Gasteiger charge is -1.99. The standard InChI is InChI=1S/C13H11ClN2OS/c1-9-6-7-18-12(9)8-15-16-13(17)10-2-4-11(14)5-3-10/h2-8H,1H3,(H,16,17)/b15-8-. The summed E-state index contributed by atoms with van der Waals surface area (Å²) >= 11 is 7.33. The number of carbonyl (C=O) groups excluding carboxylic acids is 1. The van der Waals surface area contributed by atoms with Crippen molar-refractivity contribution in [2.24, 2.45) is 5.10 Å². The highest BCUT2D eigenvalue weighted by molar-refractivity contribution is 7.11. The van der Waals surface area contributed by atoms with E-state index in [1.165, 1.54) is 0 Å². The fourth-order valence-corrected chi connectivity index (χ4v) is 2.24. The van der Waals surface area contributed by atoms with E-state index in [0.29, 0.717) is 10.6 Å². The van der Waals surface area contributed by atoms with Crippen LogP contribution in [0.3, 0.4) is 0 Å². The first-order valence-electron chi connectivity index (χ1n) is 5.30. The van der Waals surface area contributed by atoms with Crippen LogP contribution in [0, 0.1) is 6.92 Å². The van der Waals surface area contributed by atoms with E-state index in [1.54, 1.807) is 41.8 Å². The van der Waals surface area contributed by atoms with Crippen molar-refractivity contribution in [1.29, 1.82) is 0 Å². The second-order valence-electron chi connectivity index (χ2n) is 3.67. The fourth-order valence-electron chi connectivity index (χ4n) is 1.33. The van der Waals surface area contributed by atoms with E-state index < -0.39 is 0 Å². The van der Waals surface area contributed by atoms with Gasteiger partial charge in [-0.15, -0.1) is 11.3 Å². The number of rotatable bonds is 3. The molecule has 0 aliphatic carbocycles. The number of amides is 1. The molecule has 0 saturated heterocycles. The molecule has 0 aliphatic heterocycles. The molecule has 2 rings (SSSR count). The van der Waals surface area contributed by atoms with Crippen LogP contribution in [0.25, 0.3) is 0 Å². The Morgan fingerprint density at radius 1 is 1.33 bits per heavy atom. The molecule has 0 aliphatic rings. The quantitative estimate of drug-likeness (QED) is 0.678. The zero-order valence-electron chi connectivity index (χ0n) is 9.68. The lowest BCUT2D eigenvalue weighted by molar-refractivity contribution is 0.0955. The summed E-state index contributed by atoms with van der Waals surface area (Å²) in [5, 5.41) is 6.51. The van der Waals surface area contributed by atoms with Gasteiger partial charge in [0.15, 0.2) is 0 Å². The molecule has 1 amide bonds. The molecule has 1 heterocycles. The Labute approximate surface area is 114 Å². The second kappa shape index (κ2) is 5.80. The molecule has 0 fully saturated rings. The first kappa shape index (κ1) is 12.8. The van der Waals surface area contributed by atoms with Gasteiger partial charge in [0.2, 0.25) is 0 Å². The predicted molar refractivity (Wildman–Crippen MR) is 75.6 cm³/mol. The molecule has 0 bridgehead atoms. The number of hydrogen-bond donors (Lipinski definition) is 1. The molecule has 3 nitrogen and oxygen atoms in total. The third kappa shape index (κ3) is 3.18. The van der Waals surface area contributed by atoms with Crippen molar-refractivity contribution in [3.05, 3.63) is 56.7 Å². The zero-order chi connectivity index (χ0) is 13.0. The number of carbonyl (C=O) groups is 1. The highest BCUT2D eigenvalue weighted by Gasteiger charge is 2.03. The molecule has 0 saturated carbocycles. The molecule has 0 radical (unpaired) electrons. The van der Waals surface area contributed by atoms with Crippen LogP contribution in [0.2, 0.25) is 5.02 Å². The smallest absolute Gasteiger partial charge is 0.267 e. The van der Waals surface area contributed by atoms with Crippen LogP contribution >= 0.6 is 22.9 Å². The first-order valence-corrected chi connectivity index (χ1v) is 6.55. The third-order valence-electron chi connectivity index (χ3n) is 2.36. The largest absolute Gasteiger partial charge is 0.271 e. The van der Waals surface area contributed by atoms with Gasteiger partial charge < -0.3 is 0 Å². The maximum atomic E-state index is 11.7. The summed E-state index contributed by atoms with van der Waals surface area (Å²) in [6.45, 7) is 2.00. The number of hydrazone groups is 1. The lowest BCUT2D eigenvalue weighted by atomic mass is 10.2. The van der Waals surface area contributed by atoms with Crippen LogP contribution in [0.4, 0.5) is 0 Å². The van der Waals surface area contributed by atoms with Gasteiger partial charge in [0, 0.05) is 15.5 Å². The van der Waals surface area contributed by atoms with Gasteiger partial charge in [-0.1, -0.05) is 11.6 Å². The number of nitrogens with one attached hydrogen (secondary N) is 1. The maximum absolute atomic E-state index is 11.7. The Morgan fingerprint density at radius 3 is 2.67 bits per heavy atom. The average Bonchev–Trinajstić information content (AvgIpc) is 2.76. The summed E-state index contributed by atoms with van der Waals surface area (Å²) in [7, 11) is 0. The van der Waals surface area contributed by atoms with Crippen LogP contribution in [-0.2, 0) is 0 Å². The number of aryl methyl sites for hydroxylation is 1. The number of halogens is 1. The Hall–Kier alpha value is -1.65.